The number of esters is 1. The first-order chi connectivity index (χ1) is 12.9. The zero-order valence-electron chi connectivity index (χ0n) is 15.4. The molecule has 0 saturated heterocycles. The molecule has 0 unspecified atom stereocenters. The number of ketones is 1. The van der Waals surface area contributed by atoms with Crippen molar-refractivity contribution in [1.29, 1.82) is 0 Å². The number of carbonyl (C=O) groups excluding carboxylic acids is 2. The number of aryl methyl sites for hydroxylation is 3. The van der Waals surface area contributed by atoms with E-state index in [-0.39, 0.29) is 24.5 Å². The van der Waals surface area contributed by atoms with Crippen molar-refractivity contribution in [3.8, 4) is 0 Å². The van der Waals surface area contributed by atoms with Crippen molar-refractivity contribution in [1.82, 2.24) is 9.55 Å². The maximum Gasteiger partial charge on any atom is 0.326 e. The van der Waals surface area contributed by atoms with Gasteiger partial charge in [-0.15, -0.1) is 11.3 Å². The van der Waals surface area contributed by atoms with Crippen LogP contribution >= 0.6 is 11.3 Å². The van der Waals surface area contributed by atoms with E-state index >= 15 is 0 Å². The molecule has 1 aromatic carbocycles. The predicted molar refractivity (Wildman–Crippen MR) is 104 cm³/mol. The molecule has 3 rings (SSSR count). The Kier molecular flexibility index (Phi) is 5.51. The molecule has 0 atom stereocenters. The van der Waals surface area contributed by atoms with Gasteiger partial charge in [0.2, 0.25) is 0 Å². The first kappa shape index (κ1) is 19.0. The van der Waals surface area contributed by atoms with Gasteiger partial charge in [-0.3, -0.25) is 19.0 Å². The number of hydrogen-bond donors (Lipinski definition) is 0. The van der Waals surface area contributed by atoms with Crippen LogP contribution in [0.25, 0.3) is 10.2 Å². The molecule has 0 aliphatic heterocycles. The Morgan fingerprint density at radius 1 is 1.19 bits per heavy atom. The van der Waals surface area contributed by atoms with Crippen LogP contribution in [0, 0.1) is 13.8 Å². The molecule has 2 aromatic heterocycles. The highest BCUT2D eigenvalue weighted by Crippen LogP contribution is 2.25. The zero-order chi connectivity index (χ0) is 19.6. The number of benzene rings is 1. The van der Waals surface area contributed by atoms with Crippen LogP contribution < -0.4 is 5.56 Å². The number of thiophene rings is 1. The normalized spacial score (nSPS) is 10.9. The smallest absolute Gasteiger partial charge is 0.326 e. The fourth-order valence-corrected chi connectivity index (χ4v) is 3.71. The van der Waals surface area contributed by atoms with Crippen LogP contribution in [0.2, 0.25) is 0 Å². The number of ether oxygens (including phenoxy) is 1. The molecule has 0 radical (unpaired) electrons. The van der Waals surface area contributed by atoms with Crippen molar-refractivity contribution >= 4 is 33.3 Å². The van der Waals surface area contributed by atoms with Crippen LogP contribution in [-0.2, 0) is 22.5 Å². The van der Waals surface area contributed by atoms with E-state index in [2.05, 4.69) is 4.98 Å². The molecule has 27 heavy (non-hydrogen) atoms. The summed E-state index contributed by atoms with van der Waals surface area (Å²) in [4.78, 5) is 42.7. The van der Waals surface area contributed by atoms with E-state index in [9.17, 15) is 14.4 Å². The van der Waals surface area contributed by atoms with Gasteiger partial charge in [0.1, 0.15) is 11.4 Å². The minimum Gasteiger partial charge on any atom is -0.456 e. The fraction of sp³-hybridized carbons (Fsp3) is 0.300. The van der Waals surface area contributed by atoms with Gasteiger partial charge in [0, 0.05) is 10.4 Å². The van der Waals surface area contributed by atoms with Crippen molar-refractivity contribution < 1.29 is 14.3 Å². The lowest BCUT2D eigenvalue weighted by atomic mass is 10.1. The van der Waals surface area contributed by atoms with Gasteiger partial charge in [0.05, 0.1) is 11.7 Å². The van der Waals surface area contributed by atoms with E-state index in [1.807, 2.05) is 32.9 Å². The van der Waals surface area contributed by atoms with E-state index in [0.717, 1.165) is 22.4 Å². The Balaban J connectivity index is 1.66. The number of Topliss-reactive ketones (excluding diaryl/α,β-unsaturated/α-hetero) is 1. The number of rotatable bonds is 6. The Bertz CT molecular complexity index is 1060. The van der Waals surface area contributed by atoms with Gasteiger partial charge in [0.25, 0.3) is 5.56 Å². The van der Waals surface area contributed by atoms with Gasteiger partial charge < -0.3 is 4.74 Å². The summed E-state index contributed by atoms with van der Waals surface area (Å²) >= 11 is 1.45. The van der Waals surface area contributed by atoms with Crippen molar-refractivity contribution in [3.63, 3.8) is 0 Å². The monoisotopic (exact) mass is 384 g/mol. The average molecular weight is 384 g/mol. The quantitative estimate of drug-likeness (QED) is 0.482. The Labute approximate surface area is 160 Å². The summed E-state index contributed by atoms with van der Waals surface area (Å²) in [5.74, 6) is -0.933. The van der Waals surface area contributed by atoms with Crippen LogP contribution in [-0.4, -0.2) is 27.9 Å². The summed E-state index contributed by atoms with van der Waals surface area (Å²) in [7, 11) is 0. The third-order valence-corrected chi connectivity index (χ3v) is 5.62. The van der Waals surface area contributed by atoms with Gasteiger partial charge in [-0.25, -0.2) is 4.98 Å². The lowest BCUT2D eigenvalue weighted by molar-refractivity contribution is -0.143. The summed E-state index contributed by atoms with van der Waals surface area (Å²) in [6, 6.07) is 7.19. The molecule has 0 N–H and O–H groups in total. The van der Waals surface area contributed by atoms with E-state index in [0.29, 0.717) is 15.8 Å². The maximum atomic E-state index is 12.6. The lowest BCUT2D eigenvalue weighted by Crippen LogP contribution is -2.26. The van der Waals surface area contributed by atoms with Gasteiger partial charge in [0.15, 0.2) is 12.4 Å². The molecule has 0 aliphatic carbocycles. The molecule has 0 spiro atoms. The highest BCUT2D eigenvalue weighted by atomic mass is 32.1. The van der Waals surface area contributed by atoms with Crippen molar-refractivity contribution in [2.45, 2.75) is 33.7 Å². The maximum absolute atomic E-state index is 12.6. The highest BCUT2D eigenvalue weighted by molar-refractivity contribution is 7.18. The Morgan fingerprint density at radius 3 is 2.56 bits per heavy atom. The molecule has 2 heterocycles. The van der Waals surface area contributed by atoms with Crippen LogP contribution in [0.15, 0.2) is 35.4 Å². The van der Waals surface area contributed by atoms with E-state index < -0.39 is 5.97 Å². The Hall–Kier alpha value is -2.80. The number of carbonyl (C=O) groups is 2. The highest BCUT2D eigenvalue weighted by Gasteiger charge is 2.15. The molecule has 0 bridgehead atoms. The SMILES string of the molecule is CCc1ccc(C(=O)COC(=O)Cn2cnc3sc(C)c(C)c3c2=O)cc1. The number of nitrogens with zero attached hydrogens (tertiary/aromatic N) is 2. The third-order valence-electron chi connectivity index (χ3n) is 4.50. The Morgan fingerprint density at radius 2 is 1.89 bits per heavy atom. The molecular weight excluding hydrogens is 364 g/mol. The summed E-state index contributed by atoms with van der Waals surface area (Å²) in [5.41, 5.74) is 2.22. The van der Waals surface area contributed by atoms with Gasteiger partial charge >= 0.3 is 5.97 Å². The third kappa shape index (κ3) is 3.98. The standard InChI is InChI=1S/C20H20N2O4S/c1-4-14-5-7-15(8-6-14)16(23)10-26-17(24)9-22-11-21-19-18(20(22)25)12(2)13(3)27-19/h5-8,11H,4,9-10H2,1-3H3. The van der Waals surface area contributed by atoms with Crippen LogP contribution in [0.1, 0.15) is 33.3 Å². The first-order valence-corrected chi connectivity index (χ1v) is 9.45. The largest absolute Gasteiger partial charge is 0.456 e. The summed E-state index contributed by atoms with van der Waals surface area (Å²) in [5, 5.41) is 0.528. The predicted octanol–water partition coefficient (Wildman–Crippen LogP) is 3.06. The molecule has 0 aliphatic rings. The van der Waals surface area contributed by atoms with Crippen LogP contribution in [0.3, 0.4) is 0 Å². The van der Waals surface area contributed by atoms with Crippen molar-refractivity contribution in [3.05, 3.63) is 62.5 Å². The summed E-state index contributed by atoms with van der Waals surface area (Å²) in [6.07, 6.45) is 2.23. The first-order valence-electron chi connectivity index (χ1n) is 8.63. The molecule has 6 nitrogen and oxygen atoms in total. The molecule has 0 fully saturated rings. The summed E-state index contributed by atoms with van der Waals surface area (Å²) < 4.78 is 6.26. The molecule has 140 valence electrons. The second-order valence-electron chi connectivity index (χ2n) is 6.28. The van der Waals surface area contributed by atoms with Gasteiger partial charge in [-0.05, 0) is 31.4 Å². The van der Waals surface area contributed by atoms with E-state index in [1.54, 1.807) is 12.1 Å². The molecule has 0 saturated carbocycles. The van der Waals surface area contributed by atoms with Gasteiger partial charge in [-0.2, -0.15) is 0 Å². The molecule has 3 aromatic rings. The molecule has 0 amide bonds. The van der Waals surface area contributed by atoms with Crippen LogP contribution in [0.4, 0.5) is 0 Å². The minimum atomic E-state index is -0.651. The lowest BCUT2D eigenvalue weighted by Gasteiger charge is -2.07. The number of hydrogen-bond acceptors (Lipinski definition) is 6. The second kappa shape index (κ2) is 7.84. The number of fused-ring (bicyclic) bond motifs is 1. The van der Waals surface area contributed by atoms with E-state index in [1.165, 1.54) is 22.2 Å². The molecular formula is C20H20N2O4S. The van der Waals surface area contributed by atoms with Gasteiger partial charge in [-0.1, -0.05) is 31.2 Å². The zero-order valence-corrected chi connectivity index (χ0v) is 16.3. The number of aromatic nitrogens is 2. The fourth-order valence-electron chi connectivity index (χ4n) is 2.72. The molecule has 7 heteroatoms. The van der Waals surface area contributed by atoms with Crippen molar-refractivity contribution in [2.75, 3.05) is 6.61 Å². The second-order valence-corrected chi connectivity index (χ2v) is 7.48. The average Bonchev–Trinajstić information content (AvgIpc) is 2.97. The summed E-state index contributed by atoms with van der Waals surface area (Å²) in [6.45, 7) is 5.19. The minimum absolute atomic E-state index is 0.278. The van der Waals surface area contributed by atoms with E-state index in [4.69, 9.17) is 4.74 Å². The van der Waals surface area contributed by atoms with Crippen LogP contribution in [0.5, 0.6) is 0 Å². The van der Waals surface area contributed by atoms with Crippen molar-refractivity contribution in [2.24, 2.45) is 0 Å². The topological polar surface area (TPSA) is 78.3 Å².